The molecule has 0 saturated heterocycles. The van der Waals surface area contributed by atoms with Crippen LogP contribution in [-0.4, -0.2) is 30.0 Å². The fourth-order valence-electron chi connectivity index (χ4n) is 1.89. The maximum Gasteiger partial charge on any atom is 0.0762 e. The molecule has 18 heavy (non-hydrogen) atoms. The predicted octanol–water partition coefficient (Wildman–Crippen LogP) is 2.59. The molecule has 1 N–H and O–H groups in total. The first-order valence-electron chi connectivity index (χ1n) is 7.08. The molecule has 0 aliphatic rings. The molecular formula is C14H27N3O. The minimum absolute atomic E-state index is 0.748. The Labute approximate surface area is 111 Å². The van der Waals surface area contributed by atoms with Crippen LogP contribution in [0.1, 0.15) is 44.7 Å². The first-order valence-corrected chi connectivity index (χ1v) is 7.08. The third-order valence-electron chi connectivity index (χ3n) is 2.98. The fourth-order valence-corrected chi connectivity index (χ4v) is 1.89. The topological polar surface area (TPSA) is 39.1 Å². The highest BCUT2D eigenvalue weighted by atomic mass is 16.5. The molecule has 4 nitrogen and oxygen atoms in total. The van der Waals surface area contributed by atoms with E-state index in [1.165, 1.54) is 32.1 Å². The van der Waals surface area contributed by atoms with Crippen molar-refractivity contribution < 1.29 is 4.74 Å². The van der Waals surface area contributed by atoms with Gasteiger partial charge in [-0.05, 0) is 12.5 Å². The molecule has 1 heterocycles. The highest BCUT2D eigenvalue weighted by Gasteiger charge is 1.98. The molecule has 0 saturated carbocycles. The number of nitrogens with zero attached hydrogens (tertiary/aromatic N) is 2. The lowest BCUT2D eigenvalue weighted by molar-refractivity contribution is 0.199. The zero-order valence-electron chi connectivity index (χ0n) is 11.8. The van der Waals surface area contributed by atoms with Crippen molar-refractivity contribution in [2.24, 2.45) is 0 Å². The number of methoxy groups -OCH3 is 1. The van der Waals surface area contributed by atoms with Crippen molar-refractivity contribution in [3.8, 4) is 0 Å². The van der Waals surface area contributed by atoms with Gasteiger partial charge >= 0.3 is 0 Å². The summed E-state index contributed by atoms with van der Waals surface area (Å²) in [6, 6.07) is 2.09. The van der Waals surface area contributed by atoms with E-state index in [1.54, 1.807) is 7.11 Å². The minimum Gasteiger partial charge on any atom is -0.383 e. The van der Waals surface area contributed by atoms with Gasteiger partial charge in [0.2, 0.25) is 0 Å². The Kier molecular flexibility index (Phi) is 8.51. The first kappa shape index (κ1) is 15.2. The summed E-state index contributed by atoms with van der Waals surface area (Å²) >= 11 is 0. The SMILES string of the molecule is CCCCCCCn1ccc(CNCCOC)n1. The molecule has 4 heteroatoms. The normalized spacial score (nSPS) is 11.0. The van der Waals surface area contributed by atoms with Gasteiger partial charge in [-0.1, -0.05) is 32.6 Å². The van der Waals surface area contributed by atoms with Crippen LogP contribution in [0.2, 0.25) is 0 Å². The van der Waals surface area contributed by atoms with E-state index in [0.717, 1.165) is 31.9 Å². The third kappa shape index (κ3) is 6.77. The zero-order valence-corrected chi connectivity index (χ0v) is 11.8. The van der Waals surface area contributed by atoms with E-state index in [4.69, 9.17) is 4.74 Å². The maximum atomic E-state index is 4.98. The second-order valence-corrected chi connectivity index (χ2v) is 4.65. The molecule has 0 spiro atoms. The quantitative estimate of drug-likeness (QED) is 0.616. The maximum absolute atomic E-state index is 4.98. The number of hydrogen-bond donors (Lipinski definition) is 1. The van der Waals surface area contributed by atoms with Crippen LogP contribution in [-0.2, 0) is 17.8 Å². The van der Waals surface area contributed by atoms with Crippen molar-refractivity contribution in [3.05, 3.63) is 18.0 Å². The summed E-state index contributed by atoms with van der Waals surface area (Å²) in [7, 11) is 1.72. The van der Waals surface area contributed by atoms with Crippen molar-refractivity contribution in [3.63, 3.8) is 0 Å². The molecule has 0 atom stereocenters. The molecule has 0 fully saturated rings. The summed E-state index contributed by atoms with van der Waals surface area (Å²) in [6.45, 7) is 5.74. The van der Waals surface area contributed by atoms with Crippen molar-refractivity contribution in [2.45, 2.75) is 52.1 Å². The average Bonchev–Trinajstić information content (AvgIpc) is 2.82. The number of nitrogens with one attached hydrogen (secondary N) is 1. The van der Waals surface area contributed by atoms with Crippen LogP contribution < -0.4 is 5.32 Å². The Morgan fingerprint density at radius 2 is 2.11 bits per heavy atom. The van der Waals surface area contributed by atoms with Crippen molar-refractivity contribution in [2.75, 3.05) is 20.3 Å². The van der Waals surface area contributed by atoms with Crippen molar-refractivity contribution in [1.29, 1.82) is 0 Å². The second-order valence-electron chi connectivity index (χ2n) is 4.65. The Morgan fingerprint density at radius 3 is 2.89 bits per heavy atom. The van der Waals surface area contributed by atoms with Crippen LogP contribution in [0.3, 0.4) is 0 Å². The fraction of sp³-hybridized carbons (Fsp3) is 0.786. The van der Waals surface area contributed by atoms with E-state index in [2.05, 4.69) is 34.3 Å². The van der Waals surface area contributed by atoms with Crippen LogP contribution in [0.25, 0.3) is 0 Å². The van der Waals surface area contributed by atoms with Crippen LogP contribution in [0.5, 0.6) is 0 Å². The summed E-state index contributed by atoms with van der Waals surface area (Å²) in [5.74, 6) is 0. The lowest BCUT2D eigenvalue weighted by atomic mass is 10.1. The first-order chi connectivity index (χ1) is 8.86. The molecule has 0 unspecified atom stereocenters. The third-order valence-corrected chi connectivity index (χ3v) is 2.98. The van der Waals surface area contributed by atoms with E-state index in [9.17, 15) is 0 Å². The lowest BCUT2D eigenvalue weighted by Gasteiger charge is -2.02. The van der Waals surface area contributed by atoms with Gasteiger partial charge in [0.1, 0.15) is 0 Å². The molecule has 0 aliphatic carbocycles. The average molecular weight is 253 g/mol. The number of unbranched alkanes of at least 4 members (excludes halogenated alkanes) is 4. The minimum atomic E-state index is 0.748. The van der Waals surface area contributed by atoms with Gasteiger partial charge in [0.15, 0.2) is 0 Å². The molecule has 0 amide bonds. The Hall–Kier alpha value is -0.870. The predicted molar refractivity (Wildman–Crippen MR) is 74.6 cm³/mol. The van der Waals surface area contributed by atoms with Crippen LogP contribution in [0.15, 0.2) is 12.3 Å². The molecule has 0 bridgehead atoms. The largest absolute Gasteiger partial charge is 0.383 e. The van der Waals surface area contributed by atoms with Gasteiger partial charge in [-0.2, -0.15) is 5.10 Å². The second kappa shape index (κ2) is 10.1. The number of aromatic nitrogens is 2. The van der Waals surface area contributed by atoms with E-state index >= 15 is 0 Å². The molecule has 1 aromatic rings. The van der Waals surface area contributed by atoms with Crippen molar-refractivity contribution >= 4 is 0 Å². The molecule has 0 radical (unpaired) electrons. The molecule has 0 aromatic carbocycles. The standard InChI is InChI=1S/C14H27N3O/c1-3-4-5-6-7-10-17-11-8-14(16-17)13-15-9-12-18-2/h8,11,15H,3-7,9-10,12-13H2,1-2H3. The summed E-state index contributed by atoms with van der Waals surface area (Å²) in [6.07, 6.45) is 8.64. The van der Waals surface area contributed by atoms with Crippen molar-refractivity contribution in [1.82, 2.24) is 15.1 Å². The zero-order chi connectivity index (χ0) is 13.1. The highest BCUT2D eigenvalue weighted by molar-refractivity contribution is 4.98. The van der Waals surface area contributed by atoms with E-state index in [-0.39, 0.29) is 0 Å². The monoisotopic (exact) mass is 253 g/mol. The van der Waals surface area contributed by atoms with E-state index < -0.39 is 0 Å². The summed E-state index contributed by atoms with van der Waals surface area (Å²) < 4.78 is 7.04. The van der Waals surface area contributed by atoms with E-state index in [0.29, 0.717) is 0 Å². The van der Waals surface area contributed by atoms with Gasteiger partial charge in [-0.15, -0.1) is 0 Å². The number of ether oxygens (including phenoxy) is 1. The lowest BCUT2D eigenvalue weighted by Crippen LogP contribution is -2.19. The van der Waals surface area contributed by atoms with Crippen LogP contribution in [0.4, 0.5) is 0 Å². The molecule has 1 aromatic heterocycles. The van der Waals surface area contributed by atoms with E-state index in [1.807, 2.05) is 0 Å². The number of rotatable bonds is 11. The molecule has 0 aliphatic heterocycles. The summed E-state index contributed by atoms with van der Waals surface area (Å²) in [5.41, 5.74) is 1.11. The summed E-state index contributed by atoms with van der Waals surface area (Å²) in [5, 5.41) is 7.84. The van der Waals surface area contributed by atoms with Gasteiger partial charge in [-0.25, -0.2) is 0 Å². The highest BCUT2D eigenvalue weighted by Crippen LogP contribution is 2.04. The van der Waals surface area contributed by atoms with Gasteiger partial charge in [0.05, 0.1) is 12.3 Å². The molecule has 1 rings (SSSR count). The Bertz CT molecular complexity index is 299. The van der Waals surface area contributed by atoms with Crippen LogP contribution >= 0.6 is 0 Å². The Morgan fingerprint density at radius 1 is 1.28 bits per heavy atom. The van der Waals surface area contributed by atoms with Gasteiger partial charge in [-0.3, -0.25) is 4.68 Å². The smallest absolute Gasteiger partial charge is 0.0762 e. The number of aryl methyl sites for hydroxylation is 1. The summed E-state index contributed by atoms with van der Waals surface area (Å²) in [4.78, 5) is 0. The Balaban J connectivity index is 2.10. The van der Waals surface area contributed by atoms with Crippen LogP contribution in [0, 0.1) is 0 Å². The van der Waals surface area contributed by atoms with Gasteiger partial charge < -0.3 is 10.1 Å². The van der Waals surface area contributed by atoms with Gasteiger partial charge in [0, 0.05) is 32.9 Å². The van der Waals surface area contributed by atoms with Gasteiger partial charge in [0.25, 0.3) is 0 Å². The molecule has 104 valence electrons. The molecular weight excluding hydrogens is 226 g/mol. The number of hydrogen-bond acceptors (Lipinski definition) is 3.